The number of nitrogens with one attached hydrogen (secondary N) is 1. The van der Waals surface area contributed by atoms with Crippen LogP contribution < -0.4 is 4.74 Å². The molecule has 2 amide bonds. The summed E-state index contributed by atoms with van der Waals surface area (Å²) >= 11 is 0. The van der Waals surface area contributed by atoms with Gasteiger partial charge in [-0.05, 0) is 12.1 Å². The van der Waals surface area contributed by atoms with Crippen LogP contribution in [0.3, 0.4) is 0 Å². The number of aromatic amines is 1. The van der Waals surface area contributed by atoms with Crippen molar-refractivity contribution in [3.8, 4) is 5.88 Å². The largest absolute Gasteiger partial charge is 0.479 e. The molecule has 0 unspecified atom stereocenters. The van der Waals surface area contributed by atoms with Gasteiger partial charge < -0.3 is 19.5 Å². The van der Waals surface area contributed by atoms with Gasteiger partial charge in [0.1, 0.15) is 5.52 Å². The summed E-state index contributed by atoms with van der Waals surface area (Å²) in [6.07, 6.45) is 2.23. The molecule has 3 heterocycles. The first-order chi connectivity index (χ1) is 14.5. The molecule has 1 saturated heterocycles. The van der Waals surface area contributed by atoms with Crippen LogP contribution in [0.4, 0.5) is 4.39 Å². The first-order valence-electron chi connectivity index (χ1n) is 9.38. The van der Waals surface area contributed by atoms with Crippen LogP contribution in [-0.4, -0.2) is 70.7 Å². The zero-order valence-corrected chi connectivity index (χ0v) is 16.2. The van der Waals surface area contributed by atoms with Crippen molar-refractivity contribution in [1.82, 2.24) is 19.8 Å². The lowest BCUT2D eigenvalue weighted by molar-refractivity contribution is -0.127. The molecule has 8 nitrogen and oxygen atoms in total. The normalized spacial score (nSPS) is 14.1. The Morgan fingerprint density at radius 2 is 1.73 bits per heavy atom. The second-order valence-electron chi connectivity index (χ2n) is 6.85. The van der Waals surface area contributed by atoms with Crippen LogP contribution in [0.1, 0.15) is 20.7 Å². The predicted molar refractivity (Wildman–Crippen MR) is 106 cm³/mol. The topological polar surface area (TPSA) is 95.6 Å². The van der Waals surface area contributed by atoms with Crippen molar-refractivity contribution in [1.29, 1.82) is 0 Å². The number of methoxy groups -OCH3 is 1. The lowest BCUT2D eigenvalue weighted by Crippen LogP contribution is -2.52. The molecule has 0 aliphatic carbocycles. The van der Waals surface area contributed by atoms with Gasteiger partial charge >= 0.3 is 0 Å². The molecule has 154 valence electrons. The minimum atomic E-state index is -0.823. The van der Waals surface area contributed by atoms with Crippen LogP contribution in [0, 0.1) is 5.82 Å². The number of Topliss-reactive ketones (excluding diaryl/α,β-unsaturated/α-hetero) is 1. The first kappa shape index (κ1) is 19.6. The van der Waals surface area contributed by atoms with E-state index in [0.29, 0.717) is 18.7 Å². The number of ketones is 1. The third-order valence-electron chi connectivity index (χ3n) is 5.14. The van der Waals surface area contributed by atoms with E-state index < -0.39 is 17.5 Å². The summed E-state index contributed by atoms with van der Waals surface area (Å²) < 4.78 is 19.4. The number of nitrogens with zero attached hydrogens (tertiary/aromatic N) is 3. The van der Waals surface area contributed by atoms with E-state index in [-0.39, 0.29) is 41.3 Å². The second-order valence-corrected chi connectivity index (χ2v) is 6.85. The van der Waals surface area contributed by atoms with Crippen LogP contribution in [0.25, 0.3) is 10.9 Å². The molecular weight excluding hydrogens is 391 g/mol. The molecule has 1 aromatic carbocycles. The molecule has 1 aliphatic rings. The van der Waals surface area contributed by atoms with E-state index in [1.165, 1.54) is 18.2 Å². The molecule has 9 heteroatoms. The lowest BCUT2D eigenvalue weighted by Gasteiger charge is -2.34. The first-order valence-corrected chi connectivity index (χ1v) is 9.38. The molecule has 0 atom stereocenters. The summed E-state index contributed by atoms with van der Waals surface area (Å²) in [5.74, 6) is -2.27. The van der Waals surface area contributed by atoms with Crippen molar-refractivity contribution in [2.75, 3.05) is 33.3 Å². The standard InChI is InChI=1S/C21H19FN4O4/c1-30-19-17-16(15(22)12-24-19)14(11-23-17)18(27)21(29)26-9-7-25(8-10-26)20(28)13-5-3-2-4-6-13/h2-6,11-12,23H,7-10H2,1H3. The molecule has 1 fully saturated rings. The molecule has 0 bridgehead atoms. The maximum Gasteiger partial charge on any atom is 0.295 e. The van der Waals surface area contributed by atoms with Gasteiger partial charge in [0.05, 0.1) is 24.3 Å². The number of ether oxygens (including phenoxy) is 1. The summed E-state index contributed by atoms with van der Waals surface area (Å²) in [5.41, 5.74) is 0.716. The molecule has 2 aromatic heterocycles. The predicted octanol–water partition coefficient (Wildman–Crippen LogP) is 1.88. The minimum absolute atomic E-state index is 0.0295. The van der Waals surface area contributed by atoms with E-state index in [1.807, 2.05) is 6.07 Å². The highest BCUT2D eigenvalue weighted by atomic mass is 19.1. The number of pyridine rings is 1. The van der Waals surface area contributed by atoms with E-state index in [2.05, 4.69) is 9.97 Å². The Bertz CT molecular complexity index is 1120. The van der Waals surface area contributed by atoms with Crippen molar-refractivity contribution >= 4 is 28.5 Å². The zero-order chi connectivity index (χ0) is 21.3. The fourth-order valence-electron chi connectivity index (χ4n) is 3.55. The second kappa shape index (κ2) is 7.94. The molecule has 1 aliphatic heterocycles. The maximum atomic E-state index is 14.3. The SMILES string of the molecule is COc1ncc(F)c2c(C(=O)C(=O)N3CCN(C(=O)c4ccccc4)CC3)c[nH]c12. The molecule has 0 spiro atoms. The van der Waals surface area contributed by atoms with Gasteiger partial charge in [0.15, 0.2) is 5.82 Å². The summed E-state index contributed by atoms with van der Waals surface area (Å²) in [5, 5.41) is -0.0295. The van der Waals surface area contributed by atoms with Gasteiger partial charge in [-0.15, -0.1) is 0 Å². The molecule has 3 aromatic rings. The van der Waals surface area contributed by atoms with E-state index in [0.717, 1.165) is 6.20 Å². The number of hydrogen-bond acceptors (Lipinski definition) is 5. The Morgan fingerprint density at radius 3 is 2.40 bits per heavy atom. The van der Waals surface area contributed by atoms with Crippen LogP contribution in [-0.2, 0) is 4.79 Å². The number of halogens is 1. The van der Waals surface area contributed by atoms with E-state index in [4.69, 9.17) is 4.74 Å². The number of benzene rings is 1. The average Bonchev–Trinajstić information content (AvgIpc) is 3.25. The third-order valence-corrected chi connectivity index (χ3v) is 5.14. The van der Waals surface area contributed by atoms with Gasteiger partial charge in [-0.25, -0.2) is 9.37 Å². The van der Waals surface area contributed by atoms with E-state index in [9.17, 15) is 18.8 Å². The van der Waals surface area contributed by atoms with Gasteiger partial charge in [-0.2, -0.15) is 0 Å². The number of aromatic nitrogens is 2. The number of fused-ring (bicyclic) bond motifs is 1. The number of carbonyl (C=O) groups is 3. The quantitative estimate of drug-likeness (QED) is 0.523. The fourth-order valence-corrected chi connectivity index (χ4v) is 3.55. The molecule has 0 radical (unpaired) electrons. The average molecular weight is 410 g/mol. The molecule has 1 N–H and O–H groups in total. The summed E-state index contributed by atoms with van der Waals surface area (Å²) in [6, 6.07) is 8.88. The van der Waals surface area contributed by atoms with Crippen LogP contribution in [0.2, 0.25) is 0 Å². The fraction of sp³-hybridized carbons (Fsp3) is 0.238. The number of hydrogen-bond donors (Lipinski definition) is 1. The Morgan fingerprint density at radius 1 is 1.07 bits per heavy atom. The summed E-state index contributed by atoms with van der Waals surface area (Å²) in [4.78, 5) is 47.7. The van der Waals surface area contributed by atoms with Crippen molar-refractivity contribution in [2.24, 2.45) is 0 Å². The van der Waals surface area contributed by atoms with Crippen molar-refractivity contribution in [3.05, 3.63) is 59.7 Å². The Labute approximate surface area is 171 Å². The molecular formula is C21H19FN4O4. The number of rotatable bonds is 4. The minimum Gasteiger partial charge on any atom is -0.479 e. The van der Waals surface area contributed by atoms with Crippen LogP contribution >= 0.6 is 0 Å². The number of H-pyrrole nitrogens is 1. The molecule has 30 heavy (non-hydrogen) atoms. The Kier molecular flexibility index (Phi) is 5.18. The monoisotopic (exact) mass is 410 g/mol. The third kappa shape index (κ3) is 3.38. The van der Waals surface area contributed by atoms with Crippen molar-refractivity contribution in [3.63, 3.8) is 0 Å². The number of amides is 2. The molecule has 4 rings (SSSR count). The van der Waals surface area contributed by atoms with Crippen molar-refractivity contribution in [2.45, 2.75) is 0 Å². The summed E-state index contributed by atoms with van der Waals surface area (Å²) in [7, 11) is 1.38. The summed E-state index contributed by atoms with van der Waals surface area (Å²) in [6.45, 7) is 1.07. The van der Waals surface area contributed by atoms with E-state index >= 15 is 0 Å². The highest BCUT2D eigenvalue weighted by molar-refractivity contribution is 6.45. The van der Waals surface area contributed by atoms with Gasteiger partial charge in [-0.3, -0.25) is 14.4 Å². The Hall–Kier alpha value is -3.75. The maximum absolute atomic E-state index is 14.3. The van der Waals surface area contributed by atoms with Gasteiger partial charge in [0.25, 0.3) is 17.6 Å². The van der Waals surface area contributed by atoms with Gasteiger partial charge in [0.2, 0.25) is 5.88 Å². The highest BCUT2D eigenvalue weighted by Gasteiger charge is 2.31. The zero-order valence-electron chi connectivity index (χ0n) is 16.2. The highest BCUT2D eigenvalue weighted by Crippen LogP contribution is 2.28. The molecule has 0 saturated carbocycles. The number of carbonyl (C=O) groups excluding carboxylic acids is 3. The van der Waals surface area contributed by atoms with Gasteiger partial charge in [0, 0.05) is 37.9 Å². The van der Waals surface area contributed by atoms with Crippen LogP contribution in [0.15, 0.2) is 42.7 Å². The van der Waals surface area contributed by atoms with E-state index in [1.54, 1.807) is 29.2 Å². The van der Waals surface area contributed by atoms with Gasteiger partial charge in [-0.1, -0.05) is 18.2 Å². The Balaban J connectivity index is 1.48. The number of piperazine rings is 1. The smallest absolute Gasteiger partial charge is 0.295 e. The van der Waals surface area contributed by atoms with Crippen molar-refractivity contribution < 1.29 is 23.5 Å². The van der Waals surface area contributed by atoms with Crippen LogP contribution in [0.5, 0.6) is 5.88 Å². The lowest BCUT2D eigenvalue weighted by atomic mass is 10.1.